The van der Waals surface area contributed by atoms with E-state index in [1.54, 1.807) is 7.11 Å². The van der Waals surface area contributed by atoms with E-state index in [-0.39, 0.29) is 0 Å². The van der Waals surface area contributed by atoms with Gasteiger partial charge in [-0.1, -0.05) is 0 Å². The van der Waals surface area contributed by atoms with E-state index in [1.165, 1.54) is 0 Å². The molecule has 1 aromatic carbocycles. The molecule has 72 valence electrons. The van der Waals surface area contributed by atoms with Crippen LogP contribution in [-0.2, 0) is 0 Å². The number of benzene rings is 1. The molecular formula is C10H12Cl2O. The second kappa shape index (κ2) is 4.21. The molecule has 13 heavy (non-hydrogen) atoms. The molecule has 0 heterocycles. The van der Waals surface area contributed by atoms with Gasteiger partial charge in [0, 0.05) is 0 Å². The van der Waals surface area contributed by atoms with Gasteiger partial charge in [-0.2, -0.15) is 0 Å². The van der Waals surface area contributed by atoms with Gasteiger partial charge in [0.1, 0.15) is 10.6 Å². The van der Waals surface area contributed by atoms with E-state index in [0.717, 1.165) is 22.4 Å². The molecule has 0 atom stereocenters. The Morgan fingerprint density at radius 3 is 2.23 bits per heavy atom. The third-order valence-corrected chi connectivity index (χ3v) is 2.49. The zero-order valence-corrected chi connectivity index (χ0v) is 9.41. The number of rotatable bonds is 2. The first-order valence-corrected chi connectivity index (χ1v) is 4.87. The van der Waals surface area contributed by atoms with Crippen molar-refractivity contribution in [1.29, 1.82) is 0 Å². The highest BCUT2D eigenvalue weighted by molar-refractivity contribution is 6.44. The summed E-state index contributed by atoms with van der Waals surface area (Å²) in [4.78, 5) is -0.468. The van der Waals surface area contributed by atoms with Crippen molar-refractivity contribution in [2.24, 2.45) is 0 Å². The van der Waals surface area contributed by atoms with E-state index < -0.39 is 4.84 Å². The lowest BCUT2D eigenvalue weighted by molar-refractivity contribution is 0.411. The van der Waals surface area contributed by atoms with Crippen molar-refractivity contribution in [3.8, 4) is 5.75 Å². The summed E-state index contributed by atoms with van der Waals surface area (Å²) in [6.07, 6.45) is 0. The Balaban J connectivity index is 3.20. The first-order chi connectivity index (χ1) is 6.06. The molecule has 0 aliphatic rings. The van der Waals surface area contributed by atoms with Gasteiger partial charge in [-0.15, -0.1) is 23.2 Å². The highest BCUT2D eigenvalue weighted by Gasteiger charge is 2.09. The molecule has 0 N–H and O–H groups in total. The summed E-state index contributed by atoms with van der Waals surface area (Å²) in [5.41, 5.74) is 3.05. The number of alkyl halides is 2. The van der Waals surface area contributed by atoms with E-state index in [0.29, 0.717) is 0 Å². The van der Waals surface area contributed by atoms with Crippen LogP contribution in [0.25, 0.3) is 0 Å². The fourth-order valence-electron chi connectivity index (χ4n) is 1.27. The van der Waals surface area contributed by atoms with Crippen LogP contribution in [0.5, 0.6) is 5.75 Å². The molecule has 1 rings (SSSR count). The van der Waals surface area contributed by atoms with Gasteiger partial charge in [-0.05, 0) is 42.7 Å². The van der Waals surface area contributed by atoms with Crippen LogP contribution in [0.1, 0.15) is 21.5 Å². The summed E-state index contributed by atoms with van der Waals surface area (Å²) in [5.74, 6) is 0.871. The SMILES string of the molecule is COc1cc(C)c(C(Cl)Cl)cc1C. The maximum Gasteiger partial charge on any atom is 0.133 e. The number of ether oxygens (including phenoxy) is 1. The van der Waals surface area contributed by atoms with E-state index in [4.69, 9.17) is 27.9 Å². The minimum atomic E-state index is -0.468. The molecule has 0 saturated carbocycles. The van der Waals surface area contributed by atoms with Crippen LogP contribution in [0.2, 0.25) is 0 Å². The number of methoxy groups -OCH3 is 1. The maximum absolute atomic E-state index is 5.80. The average molecular weight is 219 g/mol. The molecule has 0 saturated heterocycles. The number of hydrogen-bond acceptors (Lipinski definition) is 1. The van der Waals surface area contributed by atoms with Gasteiger partial charge in [0.05, 0.1) is 7.11 Å². The Morgan fingerprint density at radius 2 is 1.77 bits per heavy atom. The highest BCUT2D eigenvalue weighted by atomic mass is 35.5. The third kappa shape index (κ3) is 2.29. The largest absolute Gasteiger partial charge is 0.496 e. The second-order valence-electron chi connectivity index (χ2n) is 2.98. The lowest BCUT2D eigenvalue weighted by Gasteiger charge is -2.11. The predicted molar refractivity (Wildman–Crippen MR) is 56.9 cm³/mol. The molecule has 0 aliphatic heterocycles. The molecule has 1 aromatic rings. The van der Waals surface area contributed by atoms with Crippen LogP contribution < -0.4 is 4.74 Å². The third-order valence-electron chi connectivity index (χ3n) is 2.02. The average Bonchev–Trinajstić information content (AvgIpc) is 2.07. The van der Waals surface area contributed by atoms with Crippen LogP contribution in [0.15, 0.2) is 12.1 Å². The lowest BCUT2D eigenvalue weighted by Crippen LogP contribution is -1.93. The standard InChI is InChI=1S/C10H12Cl2O/c1-6-5-9(13-3)7(2)4-8(6)10(11)12/h4-5,10H,1-3H3. The van der Waals surface area contributed by atoms with Gasteiger partial charge in [0.15, 0.2) is 0 Å². The first-order valence-electron chi connectivity index (χ1n) is 3.99. The smallest absolute Gasteiger partial charge is 0.133 e. The van der Waals surface area contributed by atoms with E-state index in [1.807, 2.05) is 26.0 Å². The molecule has 1 nitrogen and oxygen atoms in total. The van der Waals surface area contributed by atoms with Crippen LogP contribution >= 0.6 is 23.2 Å². The van der Waals surface area contributed by atoms with Crippen molar-refractivity contribution in [3.05, 3.63) is 28.8 Å². The summed E-state index contributed by atoms with van der Waals surface area (Å²) in [6.45, 7) is 3.94. The molecule has 0 aromatic heterocycles. The molecular weight excluding hydrogens is 207 g/mol. The quantitative estimate of drug-likeness (QED) is 0.687. The summed E-state index contributed by atoms with van der Waals surface area (Å²) < 4.78 is 5.17. The summed E-state index contributed by atoms with van der Waals surface area (Å²) >= 11 is 11.6. The molecule has 0 radical (unpaired) electrons. The zero-order chi connectivity index (χ0) is 10.0. The molecule has 0 amide bonds. The highest BCUT2D eigenvalue weighted by Crippen LogP contribution is 2.31. The van der Waals surface area contributed by atoms with Crippen LogP contribution in [0, 0.1) is 13.8 Å². The zero-order valence-electron chi connectivity index (χ0n) is 7.90. The van der Waals surface area contributed by atoms with E-state index in [2.05, 4.69) is 0 Å². The minimum absolute atomic E-state index is 0.468. The molecule has 0 fully saturated rings. The fourth-order valence-corrected chi connectivity index (χ4v) is 1.74. The molecule has 0 aliphatic carbocycles. The van der Waals surface area contributed by atoms with Gasteiger partial charge < -0.3 is 4.74 Å². The predicted octanol–water partition coefficient (Wildman–Crippen LogP) is 3.79. The summed E-state index contributed by atoms with van der Waals surface area (Å²) in [7, 11) is 1.65. The summed E-state index contributed by atoms with van der Waals surface area (Å²) in [6, 6.07) is 3.90. The van der Waals surface area contributed by atoms with Gasteiger partial charge in [-0.3, -0.25) is 0 Å². The minimum Gasteiger partial charge on any atom is -0.496 e. The fraction of sp³-hybridized carbons (Fsp3) is 0.400. The summed E-state index contributed by atoms with van der Waals surface area (Å²) in [5, 5.41) is 0. The topological polar surface area (TPSA) is 9.23 Å². The van der Waals surface area contributed by atoms with Crippen LogP contribution in [0.4, 0.5) is 0 Å². The van der Waals surface area contributed by atoms with Gasteiger partial charge in [0.25, 0.3) is 0 Å². The Morgan fingerprint density at radius 1 is 1.15 bits per heavy atom. The Hall–Kier alpha value is -0.400. The Kier molecular flexibility index (Phi) is 3.46. The molecule has 0 bridgehead atoms. The van der Waals surface area contributed by atoms with Crippen molar-refractivity contribution in [2.75, 3.05) is 7.11 Å². The molecule has 0 spiro atoms. The van der Waals surface area contributed by atoms with E-state index in [9.17, 15) is 0 Å². The van der Waals surface area contributed by atoms with Crippen molar-refractivity contribution in [2.45, 2.75) is 18.7 Å². The first kappa shape index (κ1) is 10.7. The lowest BCUT2D eigenvalue weighted by atomic mass is 10.1. The normalized spacial score (nSPS) is 10.6. The Labute approximate surface area is 88.6 Å². The monoisotopic (exact) mass is 218 g/mol. The Bertz CT molecular complexity index is 308. The van der Waals surface area contributed by atoms with Crippen LogP contribution in [0.3, 0.4) is 0 Å². The number of aryl methyl sites for hydroxylation is 2. The van der Waals surface area contributed by atoms with Crippen LogP contribution in [-0.4, -0.2) is 7.11 Å². The van der Waals surface area contributed by atoms with Crippen molar-refractivity contribution in [3.63, 3.8) is 0 Å². The number of hydrogen-bond donors (Lipinski definition) is 0. The van der Waals surface area contributed by atoms with Gasteiger partial charge in [0.2, 0.25) is 0 Å². The van der Waals surface area contributed by atoms with Crippen molar-refractivity contribution < 1.29 is 4.74 Å². The van der Waals surface area contributed by atoms with Gasteiger partial charge >= 0.3 is 0 Å². The van der Waals surface area contributed by atoms with E-state index >= 15 is 0 Å². The molecule has 3 heteroatoms. The maximum atomic E-state index is 5.80. The van der Waals surface area contributed by atoms with Crippen molar-refractivity contribution in [1.82, 2.24) is 0 Å². The second-order valence-corrected chi connectivity index (χ2v) is 4.08. The van der Waals surface area contributed by atoms with Gasteiger partial charge in [-0.25, -0.2) is 0 Å². The van der Waals surface area contributed by atoms with Crippen molar-refractivity contribution >= 4 is 23.2 Å². The number of halogens is 2. The molecule has 0 unspecified atom stereocenters.